The molecular formula is C14H14N3O2. The van der Waals surface area contributed by atoms with Crippen LogP contribution in [0.4, 0.5) is 5.82 Å². The highest BCUT2D eigenvalue weighted by atomic mass is 16.6. The van der Waals surface area contributed by atoms with Crippen molar-refractivity contribution < 1.29 is 4.92 Å². The molecule has 97 valence electrons. The molecule has 0 saturated carbocycles. The molecule has 0 fully saturated rings. The van der Waals surface area contributed by atoms with Crippen LogP contribution in [0.25, 0.3) is 12.2 Å². The molecule has 0 aliphatic heterocycles. The van der Waals surface area contributed by atoms with Gasteiger partial charge in [-0.05, 0) is 23.0 Å². The van der Waals surface area contributed by atoms with E-state index in [1.165, 1.54) is 10.8 Å². The third-order valence-electron chi connectivity index (χ3n) is 2.58. The van der Waals surface area contributed by atoms with Crippen LogP contribution < -0.4 is 0 Å². The summed E-state index contributed by atoms with van der Waals surface area (Å²) in [5.41, 5.74) is 1.02. The van der Waals surface area contributed by atoms with Crippen molar-refractivity contribution in [2.45, 2.75) is 13.3 Å². The van der Waals surface area contributed by atoms with Crippen molar-refractivity contribution in [1.29, 1.82) is 0 Å². The zero-order valence-corrected chi connectivity index (χ0v) is 10.6. The fourth-order valence-corrected chi connectivity index (χ4v) is 1.73. The number of rotatable bonds is 5. The zero-order chi connectivity index (χ0) is 13.7. The molecule has 0 spiro atoms. The smallest absolute Gasteiger partial charge is 0.343 e. The Bertz CT molecular complexity index is 588. The molecule has 0 unspecified atom stereocenters. The van der Waals surface area contributed by atoms with Crippen LogP contribution in [0.1, 0.15) is 24.7 Å². The topological polar surface area (TPSA) is 61.0 Å². The lowest BCUT2D eigenvalue weighted by molar-refractivity contribution is -0.391. The lowest BCUT2D eigenvalue weighted by Crippen LogP contribution is -2.02. The molecule has 2 rings (SSSR count). The normalized spacial score (nSPS) is 11.0. The van der Waals surface area contributed by atoms with Crippen molar-refractivity contribution in [3.63, 3.8) is 0 Å². The molecule has 1 aromatic heterocycles. The average molecular weight is 256 g/mol. The van der Waals surface area contributed by atoms with E-state index >= 15 is 0 Å². The Hall–Kier alpha value is -2.43. The molecule has 1 radical (unpaired) electrons. The standard InChI is InChI=1S/C14H14N3O2/c1-2-10-16-13(15-11-14(16)17(18)19)9-8-12-6-4-3-5-7-12/h3-11H,2H2,1H3. The summed E-state index contributed by atoms with van der Waals surface area (Å²) in [6.07, 6.45) is 5.63. The molecule has 5 nitrogen and oxygen atoms in total. The summed E-state index contributed by atoms with van der Waals surface area (Å²) in [7, 11) is 0. The predicted octanol–water partition coefficient (Wildman–Crippen LogP) is 3.38. The fraction of sp³-hybridized carbons (Fsp3) is 0.143. The van der Waals surface area contributed by atoms with Gasteiger partial charge in [-0.25, -0.2) is 4.98 Å². The van der Waals surface area contributed by atoms with Crippen LogP contribution in [0.15, 0.2) is 36.5 Å². The number of hydrogen-bond donors (Lipinski definition) is 0. The number of aromatic nitrogens is 2. The van der Waals surface area contributed by atoms with Gasteiger partial charge in [-0.3, -0.25) is 0 Å². The van der Waals surface area contributed by atoms with Gasteiger partial charge < -0.3 is 10.1 Å². The average Bonchev–Trinajstić information content (AvgIpc) is 2.81. The van der Waals surface area contributed by atoms with Crippen LogP contribution in [0, 0.1) is 16.7 Å². The predicted molar refractivity (Wildman–Crippen MR) is 74.2 cm³/mol. The molecule has 0 aliphatic rings. The number of hydrogen-bond acceptors (Lipinski definition) is 3. The second-order valence-electron chi connectivity index (χ2n) is 3.94. The van der Waals surface area contributed by atoms with Gasteiger partial charge in [0.15, 0.2) is 0 Å². The Balaban J connectivity index is 2.30. The minimum Gasteiger partial charge on any atom is -0.358 e. The first kappa shape index (κ1) is 13.0. The molecule has 0 bridgehead atoms. The van der Waals surface area contributed by atoms with Gasteiger partial charge in [0.05, 0.1) is 0 Å². The van der Waals surface area contributed by atoms with E-state index in [4.69, 9.17) is 0 Å². The molecule has 0 atom stereocenters. The molecule has 0 N–H and O–H groups in total. The third kappa shape index (κ3) is 3.07. The van der Waals surface area contributed by atoms with Crippen LogP contribution in [0.3, 0.4) is 0 Å². The van der Waals surface area contributed by atoms with Gasteiger partial charge in [0.2, 0.25) is 5.82 Å². The largest absolute Gasteiger partial charge is 0.358 e. The summed E-state index contributed by atoms with van der Waals surface area (Å²) in [4.78, 5) is 14.5. The van der Waals surface area contributed by atoms with Crippen molar-refractivity contribution >= 4 is 18.0 Å². The Labute approximate surface area is 111 Å². The lowest BCUT2D eigenvalue weighted by atomic mass is 10.2. The van der Waals surface area contributed by atoms with Gasteiger partial charge >= 0.3 is 5.82 Å². The first-order chi connectivity index (χ1) is 9.22. The molecule has 0 amide bonds. The summed E-state index contributed by atoms with van der Waals surface area (Å²) in [5, 5.41) is 10.9. The quantitative estimate of drug-likeness (QED) is 0.608. The van der Waals surface area contributed by atoms with Crippen LogP contribution in [-0.4, -0.2) is 14.5 Å². The second kappa shape index (κ2) is 5.95. The Morgan fingerprint density at radius 2 is 2.05 bits per heavy atom. The first-order valence-electron chi connectivity index (χ1n) is 6.00. The molecule has 1 aromatic carbocycles. The van der Waals surface area contributed by atoms with Crippen molar-refractivity contribution in [3.8, 4) is 0 Å². The molecule has 0 aliphatic carbocycles. The fourth-order valence-electron chi connectivity index (χ4n) is 1.73. The van der Waals surface area contributed by atoms with Gasteiger partial charge in [-0.1, -0.05) is 37.3 Å². The third-order valence-corrected chi connectivity index (χ3v) is 2.58. The van der Waals surface area contributed by atoms with Crippen LogP contribution in [0.2, 0.25) is 0 Å². The van der Waals surface area contributed by atoms with E-state index in [1.807, 2.05) is 43.3 Å². The second-order valence-corrected chi connectivity index (χ2v) is 3.94. The Morgan fingerprint density at radius 1 is 1.32 bits per heavy atom. The molecular weight excluding hydrogens is 242 g/mol. The van der Waals surface area contributed by atoms with Crippen molar-refractivity contribution in [1.82, 2.24) is 9.55 Å². The Morgan fingerprint density at radius 3 is 2.68 bits per heavy atom. The number of nitrogens with zero attached hydrogens (tertiary/aromatic N) is 3. The van der Waals surface area contributed by atoms with E-state index in [-0.39, 0.29) is 5.82 Å². The first-order valence-corrected chi connectivity index (χ1v) is 6.00. The highest BCUT2D eigenvalue weighted by molar-refractivity contribution is 5.67. The van der Waals surface area contributed by atoms with E-state index in [9.17, 15) is 10.1 Å². The minimum absolute atomic E-state index is 0.0189. The van der Waals surface area contributed by atoms with E-state index in [1.54, 1.807) is 12.6 Å². The maximum Gasteiger partial charge on any atom is 0.343 e. The maximum atomic E-state index is 10.9. The molecule has 19 heavy (non-hydrogen) atoms. The SMILES string of the molecule is CC[CH]n1c([N+](=O)[O-])cnc1C=Cc1ccccc1. The van der Waals surface area contributed by atoms with E-state index in [2.05, 4.69) is 4.98 Å². The van der Waals surface area contributed by atoms with Crippen LogP contribution >= 0.6 is 0 Å². The summed E-state index contributed by atoms with van der Waals surface area (Å²) in [6.45, 7) is 3.67. The van der Waals surface area contributed by atoms with Gasteiger partial charge in [-0.15, -0.1) is 0 Å². The molecule has 5 heteroatoms. The van der Waals surface area contributed by atoms with Gasteiger partial charge in [0.25, 0.3) is 0 Å². The monoisotopic (exact) mass is 256 g/mol. The van der Waals surface area contributed by atoms with Crippen molar-refractivity contribution in [2.24, 2.45) is 0 Å². The molecule has 0 saturated heterocycles. The van der Waals surface area contributed by atoms with Gasteiger partial charge in [-0.2, -0.15) is 4.57 Å². The van der Waals surface area contributed by atoms with Crippen LogP contribution in [0.5, 0.6) is 0 Å². The van der Waals surface area contributed by atoms with Gasteiger partial charge in [0.1, 0.15) is 12.7 Å². The minimum atomic E-state index is -0.432. The zero-order valence-electron chi connectivity index (χ0n) is 10.6. The summed E-state index contributed by atoms with van der Waals surface area (Å²) >= 11 is 0. The molecule has 1 heterocycles. The summed E-state index contributed by atoms with van der Waals surface area (Å²) in [5.74, 6) is 0.534. The summed E-state index contributed by atoms with van der Waals surface area (Å²) in [6, 6.07) is 9.73. The molecule has 2 aromatic rings. The maximum absolute atomic E-state index is 10.9. The number of imidazole rings is 1. The lowest BCUT2D eigenvalue weighted by Gasteiger charge is -1.99. The van der Waals surface area contributed by atoms with Gasteiger partial charge in [0, 0.05) is 6.08 Å². The van der Waals surface area contributed by atoms with Crippen molar-refractivity contribution in [3.05, 3.63) is 64.6 Å². The van der Waals surface area contributed by atoms with Crippen molar-refractivity contribution in [2.75, 3.05) is 0 Å². The highest BCUT2D eigenvalue weighted by Gasteiger charge is 2.17. The van der Waals surface area contributed by atoms with E-state index in [0.29, 0.717) is 12.2 Å². The summed E-state index contributed by atoms with van der Waals surface area (Å²) < 4.78 is 1.50. The Kier molecular flexibility index (Phi) is 4.07. The number of benzene rings is 1. The highest BCUT2D eigenvalue weighted by Crippen LogP contribution is 2.17. The van der Waals surface area contributed by atoms with E-state index in [0.717, 1.165) is 5.56 Å². The van der Waals surface area contributed by atoms with E-state index < -0.39 is 4.92 Å². The van der Waals surface area contributed by atoms with Crippen LogP contribution in [-0.2, 0) is 0 Å². The number of nitro groups is 1.